The van der Waals surface area contributed by atoms with Crippen LogP contribution in [0.25, 0.3) is 22.0 Å². The maximum atomic E-state index is 14.9. The molecule has 0 radical (unpaired) electrons. The van der Waals surface area contributed by atoms with Crippen LogP contribution < -0.4 is 10.1 Å². The molecule has 0 unspecified atom stereocenters. The Morgan fingerprint density at radius 3 is 2.28 bits per heavy atom. The number of hydrogen-bond acceptors (Lipinski definition) is 2. The summed E-state index contributed by atoms with van der Waals surface area (Å²) in [6.07, 6.45) is 3.63. The lowest BCUT2D eigenvalue weighted by atomic mass is 9.82. The number of imidazole rings is 1. The van der Waals surface area contributed by atoms with Gasteiger partial charge in [0.25, 0.3) is 5.56 Å². The third-order valence-electron chi connectivity index (χ3n) is 6.67. The van der Waals surface area contributed by atoms with E-state index in [1.54, 1.807) is 38.7 Å². The zero-order valence-electron chi connectivity index (χ0n) is 19.9. The Morgan fingerprint density at radius 1 is 1.00 bits per heavy atom. The molecule has 0 amide bonds. The minimum absolute atomic E-state index is 0.171. The Bertz CT molecular complexity index is 1640. The zero-order valence-corrected chi connectivity index (χ0v) is 20.6. The molecule has 36 heavy (non-hydrogen) atoms. The quantitative estimate of drug-likeness (QED) is 0.332. The van der Waals surface area contributed by atoms with Crippen molar-refractivity contribution in [3.05, 3.63) is 123 Å². The highest BCUT2D eigenvalue weighted by Crippen LogP contribution is 2.41. The summed E-state index contributed by atoms with van der Waals surface area (Å²) in [4.78, 5) is 15.9. The van der Waals surface area contributed by atoms with Gasteiger partial charge >= 0.3 is 0 Å². The van der Waals surface area contributed by atoms with Crippen LogP contribution in [-0.2, 0) is 24.4 Å². The van der Waals surface area contributed by atoms with E-state index in [1.165, 1.54) is 28.8 Å². The highest BCUT2D eigenvalue weighted by atomic mass is 35.5. The zero-order chi connectivity index (χ0) is 25.6. The van der Waals surface area contributed by atoms with E-state index in [1.807, 2.05) is 42.1 Å². The highest BCUT2D eigenvalue weighted by molar-refractivity contribution is 6.30. The molecule has 1 atom stereocenters. The Hall–Kier alpha value is -3.81. The first-order valence-electron chi connectivity index (χ1n) is 11.2. The molecular weight excluding hydrogens is 484 g/mol. The van der Waals surface area contributed by atoms with Crippen LogP contribution in [0.15, 0.2) is 84.0 Å². The average molecular weight is 507 g/mol. The van der Waals surface area contributed by atoms with Gasteiger partial charge in [0.05, 0.1) is 18.1 Å². The van der Waals surface area contributed by atoms with Gasteiger partial charge in [-0.3, -0.25) is 4.79 Å². The topological polar surface area (TPSA) is 50.9 Å². The van der Waals surface area contributed by atoms with Gasteiger partial charge in [0, 0.05) is 36.2 Å². The molecule has 0 spiro atoms. The minimum atomic E-state index is -1.10. The molecule has 0 aliphatic heterocycles. The number of rotatable bonds is 5. The van der Waals surface area contributed by atoms with Gasteiger partial charge in [0.15, 0.2) is 11.3 Å². The molecule has 5 rings (SSSR count). The molecule has 0 aliphatic carbocycles. The number of halogens is 3. The number of benzene rings is 3. The number of ether oxygens (including phenoxy) is 1. The first-order valence-corrected chi connectivity index (χ1v) is 11.6. The van der Waals surface area contributed by atoms with Crippen molar-refractivity contribution < 1.29 is 18.1 Å². The van der Waals surface area contributed by atoms with Crippen molar-refractivity contribution in [3.8, 4) is 11.1 Å². The SMILES string of the molecule is CO[C@](c1ccc(Cl)cc1)(c1ccc2c(c1)c(-c1c(F)cccc1F)cc(=O)n2C)c1c[nH]c[n+]1C. The van der Waals surface area contributed by atoms with Crippen molar-refractivity contribution in [2.24, 2.45) is 14.1 Å². The van der Waals surface area contributed by atoms with Gasteiger partial charge in [0.1, 0.15) is 17.8 Å². The van der Waals surface area contributed by atoms with E-state index in [9.17, 15) is 13.6 Å². The maximum Gasteiger partial charge on any atom is 0.251 e. The molecule has 0 bridgehead atoms. The Morgan fingerprint density at radius 2 is 1.67 bits per heavy atom. The number of nitrogens with one attached hydrogen (secondary N) is 1. The summed E-state index contributed by atoms with van der Waals surface area (Å²) in [5, 5.41) is 1.08. The summed E-state index contributed by atoms with van der Waals surface area (Å²) < 4.78 is 39.4. The van der Waals surface area contributed by atoms with E-state index in [0.29, 0.717) is 21.5 Å². The van der Waals surface area contributed by atoms with Gasteiger partial charge in [-0.15, -0.1) is 0 Å². The van der Waals surface area contributed by atoms with E-state index >= 15 is 0 Å². The van der Waals surface area contributed by atoms with Crippen LogP contribution in [-0.4, -0.2) is 16.7 Å². The maximum absolute atomic E-state index is 14.9. The number of aryl methyl sites for hydroxylation is 2. The summed E-state index contributed by atoms with van der Waals surface area (Å²) in [6, 6.07) is 17.7. The van der Waals surface area contributed by atoms with E-state index in [4.69, 9.17) is 16.3 Å². The standard InChI is InChI=1S/C28H22ClF2N3O2/c1-33-16-32-15-25(33)28(36-3,17-7-10-19(29)11-8-17)18-9-12-24-20(13-18)21(14-26(35)34(24)2)27-22(30)5-4-6-23(27)31/h4-16H,1-3H3/p+1/t28-/m1/s1. The third kappa shape index (κ3) is 3.63. The summed E-state index contributed by atoms with van der Waals surface area (Å²) in [6.45, 7) is 0. The molecule has 5 nitrogen and oxygen atoms in total. The van der Waals surface area contributed by atoms with Crippen LogP contribution in [0.4, 0.5) is 8.78 Å². The number of H-pyrrole nitrogens is 1. The van der Waals surface area contributed by atoms with Gasteiger partial charge in [-0.05, 0) is 47.5 Å². The highest BCUT2D eigenvalue weighted by Gasteiger charge is 2.42. The third-order valence-corrected chi connectivity index (χ3v) is 6.92. The van der Waals surface area contributed by atoms with Crippen LogP contribution in [0.3, 0.4) is 0 Å². The summed E-state index contributed by atoms with van der Waals surface area (Å²) in [5.41, 5.74) is 1.26. The number of pyridine rings is 1. The van der Waals surface area contributed by atoms with Crippen LogP contribution >= 0.6 is 11.6 Å². The second-order valence-corrected chi connectivity index (χ2v) is 9.05. The normalized spacial score (nSPS) is 13.2. The number of hydrogen-bond donors (Lipinski definition) is 1. The van der Waals surface area contributed by atoms with E-state index < -0.39 is 17.2 Å². The van der Waals surface area contributed by atoms with Gasteiger partial charge in [-0.1, -0.05) is 35.9 Å². The second kappa shape index (κ2) is 9.00. The molecular formula is C28H23ClF2N3O2+. The fourth-order valence-corrected chi connectivity index (χ4v) is 5.00. The first kappa shape index (κ1) is 23.9. The van der Waals surface area contributed by atoms with Crippen LogP contribution in [0.1, 0.15) is 16.8 Å². The number of nitrogens with zero attached hydrogens (tertiary/aromatic N) is 2. The molecule has 182 valence electrons. The lowest BCUT2D eigenvalue weighted by Gasteiger charge is -2.32. The molecule has 5 aromatic rings. The van der Waals surface area contributed by atoms with Crippen molar-refractivity contribution in [2.75, 3.05) is 7.11 Å². The molecule has 0 aliphatic rings. The predicted octanol–water partition coefficient (Wildman–Crippen LogP) is 5.23. The number of fused-ring (bicyclic) bond motifs is 1. The van der Waals surface area contributed by atoms with Gasteiger partial charge in [-0.25, -0.2) is 18.3 Å². The smallest absolute Gasteiger partial charge is 0.251 e. The predicted molar refractivity (Wildman–Crippen MR) is 135 cm³/mol. The second-order valence-electron chi connectivity index (χ2n) is 8.61. The van der Waals surface area contributed by atoms with E-state index in [0.717, 1.165) is 11.3 Å². The largest absolute Gasteiger partial charge is 0.360 e. The van der Waals surface area contributed by atoms with Gasteiger partial charge in [-0.2, -0.15) is 0 Å². The molecule has 0 fully saturated rings. The molecule has 3 aromatic carbocycles. The Balaban J connectivity index is 1.90. The van der Waals surface area contributed by atoms with E-state index in [-0.39, 0.29) is 16.7 Å². The number of methoxy groups -OCH3 is 1. The monoisotopic (exact) mass is 506 g/mol. The fraction of sp³-hybridized carbons (Fsp3) is 0.143. The average Bonchev–Trinajstić information content (AvgIpc) is 3.30. The molecule has 1 N–H and O–H groups in total. The van der Waals surface area contributed by atoms with Crippen LogP contribution in [0.2, 0.25) is 5.02 Å². The molecule has 2 aromatic heterocycles. The summed E-state index contributed by atoms with van der Waals surface area (Å²) in [7, 11) is 5.12. The molecule has 8 heteroatoms. The summed E-state index contributed by atoms with van der Waals surface area (Å²) in [5.74, 6) is -1.50. The number of aromatic nitrogens is 3. The first-order chi connectivity index (χ1) is 17.3. The number of aromatic amines is 1. The molecule has 0 saturated heterocycles. The van der Waals surface area contributed by atoms with Gasteiger partial charge < -0.3 is 9.30 Å². The molecule has 2 heterocycles. The lowest BCUT2D eigenvalue weighted by molar-refractivity contribution is -0.683. The van der Waals surface area contributed by atoms with Crippen molar-refractivity contribution in [2.45, 2.75) is 5.60 Å². The summed E-state index contributed by atoms with van der Waals surface area (Å²) >= 11 is 6.18. The van der Waals surface area contributed by atoms with Crippen LogP contribution in [0, 0.1) is 11.6 Å². The van der Waals surface area contributed by atoms with Crippen molar-refractivity contribution in [1.29, 1.82) is 0 Å². The fourth-order valence-electron chi connectivity index (χ4n) is 4.88. The lowest BCUT2D eigenvalue weighted by Crippen LogP contribution is -2.43. The van der Waals surface area contributed by atoms with Crippen LogP contribution in [0.5, 0.6) is 0 Å². The Kier molecular flexibility index (Phi) is 5.98. The molecule has 0 saturated carbocycles. The van der Waals surface area contributed by atoms with Crippen molar-refractivity contribution >= 4 is 22.5 Å². The van der Waals surface area contributed by atoms with E-state index in [2.05, 4.69) is 4.98 Å². The van der Waals surface area contributed by atoms with Crippen molar-refractivity contribution in [1.82, 2.24) is 9.55 Å². The van der Waals surface area contributed by atoms with Gasteiger partial charge in [0.2, 0.25) is 6.33 Å². The minimum Gasteiger partial charge on any atom is -0.360 e. The van der Waals surface area contributed by atoms with Crippen molar-refractivity contribution in [3.63, 3.8) is 0 Å². The Labute approximate surface area is 211 Å².